The van der Waals surface area contributed by atoms with E-state index in [9.17, 15) is 9.59 Å². The van der Waals surface area contributed by atoms with Crippen LogP contribution in [0.4, 0.5) is 16.7 Å². The van der Waals surface area contributed by atoms with Crippen LogP contribution in [0.3, 0.4) is 0 Å². The van der Waals surface area contributed by atoms with Gasteiger partial charge in [0.05, 0.1) is 5.92 Å². The van der Waals surface area contributed by atoms with Gasteiger partial charge in [0.1, 0.15) is 6.61 Å². The molecule has 9 heteroatoms. The number of benzene rings is 1. The number of hydrogen-bond acceptors (Lipinski definition) is 6. The van der Waals surface area contributed by atoms with Crippen molar-refractivity contribution in [2.45, 2.75) is 19.4 Å². The molecule has 1 aliphatic rings. The summed E-state index contributed by atoms with van der Waals surface area (Å²) in [5.41, 5.74) is 0.886. The van der Waals surface area contributed by atoms with Gasteiger partial charge in [-0.3, -0.25) is 10.1 Å². The molecule has 1 amide bonds. The number of carboxylic acid groups (broad SMARTS) is 1. The Morgan fingerprint density at radius 1 is 1.28 bits per heavy atom. The lowest BCUT2D eigenvalue weighted by Gasteiger charge is -2.28. The fraction of sp³-hybridized carbons (Fsp3) is 0.375. The first-order valence-electron chi connectivity index (χ1n) is 7.99. The summed E-state index contributed by atoms with van der Waals surface area (Å²) < 4.78 is 5.11. The van der Waals surface area contributed by atoms with Crippen molar-refractivity contribution in [1.82, 2.24) is 15.2 Å². The molecule has 0 unspecified atom stereocenters. The van der Waals surface area contributed by atoms with Crippen molar-refractivity contribution in [2.24, 2.45) is 5.92 Å². The van der Waals surface area contributed by atoms with Gasteiger partial charge in [0.2, 0.25) is 11.9 Å². The lowest BCUT2D eigenvalue weighted by Crippen LogP contribution is -2.36. The molecule has 3 rings (SSSR count). The molecule has 2 heterocycles. The van der Waals surface area contributed by atoms with E-state index in [-0.39, 0.29) is 18.5 Å². The number of hydrogen-bond donors (Lipinski definition) is 3. The number of ether oxygens (including phenoxy) is 1. The highest BCUT2D eigenvalue weighted by molar-refractivity contribution is 5.82. The maximum atomic E-state index is 11.8. The predicted octanol–water partition coefficient (Wildman–Crippen LogP) is 1.85. The molecule has 1 aromatic heterocycles. The number of nitrogens with one attached hydrogen (secondary N) is 2. The molecule has 1 aromatic carbocycles. The van der Waals surface area contributed by atoms with E-state index in [1.165, 1.54) is 0 Å². The number of carboxylic acids is 1. The molecule has 2 aromatic rings. The largest absolute Gasteiger partial charge is 0.481 e. The number of aromatic amines is 1. The van der Waals surface area contributed by atoms with Crippen molar-refractivity contribution in [3.05, 3.63) is 35.9 Å². The summed E-state index contributed by atoms with van der Waals surface area (Å²) in [5, 5.41) is 18.2. The molecule has 25 heavy (non-hydrogen) atoms. The van der Waals surface area contributed by atoms with Crippen LogP contribution in [0.25, 0.3) is 0 Å². The van der Waals surface area contributed by atoms with Crippen LogP contribution < -0.4 is 10.2 Å². The average Bonchev–Trinajstić information content (AvgIpc) is 3.09. The Bertz CT molecular complexity index is 725. The average molecular weight is 345 g/mol. The van der Waals surface area contributed by atoms with Crippen LogP contribution >= 0.6 is 0 Å². The van der Waals surface area contributed by atoms with Gasteiger partial charge < -0.3 is 14.7 Å². The summed E-state index contributed by atoms with van der Waals surface area (Å²) in [7, 11) is 0. The number of anilines is 2. The molecule has 0 bridgehead atoms. The molecule has 0 aliphatic carbocycles. The summed E-state index contributed by atoms with van der Waals surface area (Å²) in [4.78, 5) is 28.8. The topological polar surface area (TPSA) is 120 Å². The number of carbonyl (C=O) groups is 2. The number of aliphatic carboxylic acids is 1. The Hall–Kier alpha value is -3.10. The van der Waals surface area contributed by atoms with Gasteiger partial charge in [-0.25, -0.2) is 9.89 Å². The normalized spacial score (nSPS) is 15.0. The van der Waals surface area contributed by atoms with E-state index in [1.54, 1.807) is 0 Å². The van der Waals surface area contributed by atoms with Gasteiger partial charge in [-0.15, -0.1) is 5.10 Å². The van der Waals surface area contributed by atoms with E-state index in [0.29, 0.717) is 31.9 Å². The zero-order chi connectivity index (χ0) is 17.6. The highest BCUT2D eigenvalue weighted by atomic mass is 16.5. The minimum absolute atomic E-state index is 0.163. The molecule has 0 saturated carbocycles. The zero-order valence-corrected chi connectivity index (χ0v) is 13.5. The maximum absolute atomic E-state index is 11.8. The summed E-state index contributed by atoms with van der Waals surface area (Å²) in [6, 6.07) is 9.35. The van der Waals surface area contributed by atoms with Crippen LogP contribution in [0.1, 0.15) is 18.4 Å². The third kappa shape index (κ3) is 4.46. The van der Waals surface area contributed by atoms with Gasteiger partial charge in [0, 0.05) is 13.1 Å². The van der Waals surface area contributed by atoms with E-state index in [1.807, 2.05) is 35.2 Å². The lowest BCUT2D eigenvalue weighted by atomic mass is 9.97. The molecule has 3 N–H and O–H groups in total. The van der Waals surface area contributed by atoms with E-state index in [0.717, 1.165) is 5.56 Å². The van der Waals surface area contributed by atoms with E-state index in [2.05, 4.69) is 20.5 Å². The molecule has 1 fully saturated rings. The maximum Gasteiger partial charge on any atom is 0.414 e. The van der Waals surface area contributed by atoms with Gasteiger partial charge in [-0.05, 0) is 18.4 Å². The number of rotatable bonds is 5. The number of amides is 1. The number of piperidine rings is 1. The zero-order valence-electron chi connectivity index (χ0n) is 13.5. The smallest absolute Gasteiger partial charge is 0.414 e. The number of H-pyrrole nitrogens is 1. The van der Waals surface area contributed by atoms with Crippen LogP contribution in [0.5, 0.6) is 0 Å². The van der Waals surface area contributed by atoms with Gasteiger partial charge in [-0.1, -0.05) is 30.3 Å². The Kier molecular flexibility index (Phi) is 5.12. The second-order valence-electron chi connectivity index (χ2n) is 5.77. The van der Waals surface area contributed by atoms with Crippen molar-refractivity contribution < 1.29 is 19.4 Å². The molecule has 9 nitrogen and oxygen atoms in total. The number of nitrogens with zero attached hydrogens (tertiary/aromatic N) is 3. The first kappa shape index (κ1) is 16.7. The summed E-state index contributed by atoms with van der Waals surface area (Å²) >= 11 is 0. The summed E-state index contributed by atoms with van der Waals surface area (Å²) in [6.45, 7) is 1.29. The number of carbonyl (C=O) groups excluding carboxylic acids is 1. The van der Waals surface area contributed by atoms with Gasteiger partial charge in [0.15, 0.2) is 0 Å². The van der Waals surface area contributed by atoms with Gasteiger partial charge >= 0.3 is 12.1 Å². The lowest BCUT2D eigenvalue weighted by molar-refractivity contribution is -0.142. The predicted molar refractivity (Wildman–Crippen MR) is 89.2 cm³/mol. The third-order valence-corrected chi connectivity index (χ3v) is 4.03. The first-order valence-corrected chi connectivity index (χ1v) is 7.99. The van der Waals surface area contributed by atoms with Crippen LogP contribution in [-0.4, -0.2) is 45.4 Å². The molecule has 1 saturated heterocycles. The first-order chi connectivity index (χ1) is 12.1. The van der Waals surface area contributed by atoms with E-state index < -0.39 is 12.1 Å². The summed E-state index contributed by atoms with van der Waals surface area (Å²) in [6.07, 6.45) is 0.466. The van der Waals surface area contributed by atoms with Crippen molar-refractivity contribution in [3.63, 3.8) is 0 Å². The van der Waals surface area contributed by atoms with Crippen molar-refractivity contribution in [3.8, 4) is 0 Å². The third-order valence-electron chi connectivity index (χ3n) is 4.03. The Labute approximate surface area is 144 Å². The molecule has 0 atom stereocenters. The fourth-order valence-corrected chi connectivity index (χ4v) is 2.63. The van der Waals surface area contributed by atoms with E-state index in [4.69, 9.17) is 9.84 Å². The molecule has 132 valence electrons. The molecule has 0 spiro atoms. The van der Waals surface area contributed by atoms with Crippen LogP contribution in [0.2, 0.25) is 0 Å². The monoisotopic (exact) mass is 345 g/mol. The van der Waals surface area contributed by atoms with Crippen LogP contribution in [0, 0.1) is 5.92 Å². The Morgan fingerprint density at radius 2 is 2.00 bits per heavy atom. The van der Waals surface area contributed by atoms with Crippen molar-refractivity contribution in [1.29, 1.82) is 0 Å². The number of aromatic nitrogens is 3. The Morgan fingerprint density at radius 3 is 2.68 bits per heavy atom. The van der Waals surface area contributed by atoms with E-state index >= 15 is 0 Å². The second kappa shape index (κ2) is 7.65. The Balaban J connectivity index is 1.48. The highest BCUT2D eigenvalue weighted by Crippen LogP contribution is 2.21. The van der Waals surface area contributed by atoms with Crippen molar-refractivity contribution in [2.75, 3.05) is 23.3 Å². The molecular weight excluding hydrogens is 326 g/mol. The van der Waals surface area contributed by atoms with Crippen LogP contribution in [0.15, 0.2) is 30.3 Å². The van der Waals surface area contributed by atoms with Crippen LogP contribution in [-0.2, 0) is 16.1 Å². The molecule has 0 radical (unpaired) electrons. The second-order valence-corrected chi connectivity index (χ2v) is 5.77. The standard InChI is InChI=1S/C16H19N5O4/c22-13(23)12-6-8-21(9-7-12)15-17-14(19-20-15)18-16(24)25-10-11-4-2-1-3-5-11/h1-5,12H,6-10H2,(H,22,23)(H2,17,18,19,20,24). The SMILES string of the molecule is O=C(Nc1nc(N2CCC(C(=O)O)CC2)n[nH]1)OCc1ccccc1. The fourth-order valence-electron chi connectivity index (χ4n) is 2.63. The van der Waals surface area contributed by atoms with Gasteiger partial charge in [-0.2, -0.15) is 4.98 Å². The highest BCUT2D eigenvalue weighted by Gasteiger charge is 2.26. The van der Waals surface area contributed by atoms with Crippen molar-refractivity contribution >= 4 is 24.0 Å². The van der Waals surface area contributed by atoms with Gasteiger partial charge in [0.25, 0.3) is 0 Å². The molecular formula is C16H19N5O4. The minimum atomic E-state index is -0.766. The molecule has 1 aliphatic heterocycles. The minimum Gasteiger partial charge on any atom is -0.481 e. The summed E-state index contributed by atoms with van der Waals surface area (Å²) in [5.74, 6) is -0.463. The quantitative estimate of drug-likeness (QED) is 0.756.